The molecule has 0 unspecified atom stereocenters. The maximum Gasteiger partial charge on any atom is 0.0885 e. The molecule has 0 aliphatic rings. The van der Waals surface area contributed by atoms with Gasteiger partial charge in [-0.2, -0.15) is 0 Å². The van der Waals surface area contributed by atoms with E-state index in [2.05, 4.69) is 87.7 Å². The van der Waals surface area contributed by atoms with Crippen molar-refractivity contribution in [3.63, 3.8) is 0 Å². The highest BCUT2D eigenvalue weighted by Gasteiger charge is 2.11. The summed E-state index contributed by atoms with van der Waals surface area (Å²) >= 11 is 0. The number of benzene rings is 3. The van der Waals surface area contributed by atoms with Gasteiger partial charge in [-0.05, 0) is 36.4 Å². The lowest BCUT2D eigenvalue weighted by atomic mass is 10.1. The minimum absolute atomic E-state index is 0.875. The maximum atomic E-state index is 4.36. The van der Waals surface area contributed by atoms with Crippen LogP contribution in [0.4, 0.5) is 17.1 Å². The van der Waals surface area contributed by atoms with Crippen LogP contribution in [-0.2, 0) is 0 Å². The Kier molecular flexibility index (Phi) is 4.21. The van der Waals surface area contributed by atoms with Crippen molar-refractivity contribution in [2.24, 2.45) is 0 Å². The van der Waals surface area contributed by atoms with E-state index in [1.165, 1.54) is 0 Å². The predicted molar refractivity (Wildman–Crippen MR) is 102 cm³/mol. The van der Waals surface area contributed by atoms with Crippen LogP contribution in [0.15, 0.2) is 104 Å². The normalized spacial score (nSPS) is 10.4. The summed E-state index contributed by atoms with van der Waals surface area (Å²) in [4.78, 5) is 10.7. The zero-order valence-electron chi connectivity index (χ0n) is 13.7. The van der Waals surface area contributed by atoms with E-state index in [4.69, 9.17) is 0 Å². The first kappa shape index (κ1) is 15.1. The van der Waals surface area contributed by atoms with Crippen molar-refractivity contribution >= 4 is 17.1 Å². The minimum atomic E-state index is 0.875. The van der Waals surface area contributed by atoms with Gasteiger partial charge in [-0.25, -0.2) is 0 Å². The molecule has 1 heterocycles. The molecule has 4 rings (SSSR count). The highest BCUT2D eigenvalue weighted by atomic mass is 15.1. The van der Waals surface area contributed by atoms with Crippen molar-refractivity contribution in [2.75, 3.05) is 4.90 Å². The molecule has 0 saturated carbocycles. The monoisotopic (exact) mass is 323 g/mol. The Labute approximate surface area is 147 Å². The molecule has 3 nitrogen and oxygen atoms in total. The van der Waals surface area contributed by atoms with Crippen LogP contribution < -0.4 is 4.90 Å². The van der Waals surface area contributed by atoms with Crippen LogP contribution in [0.1, 0.15) is 0 Å². The van der Waals surface area contributed by atoms with Gasteiger partial charge in [0.25, 0.3) is 0 Å². The maximum absolute atomic E-state index is 4.36. The van der Waals surface area contributed by atoms with E-state index in [0.29, 0.717) is 0 Å². The summed E-state index contributed by atoms with van der Waals surface area (Å²) in [7, 11) is 0. The van der Waals surface area contributed by atoms with Gasteiger partial charge in [-0.3, -0.25) is 9.97 Å². The molecular weight excluding hydrogens is 306 g/mol. The smallest absolute Gasteiger partial charge is 0.0885 e. The van der Waals surface area contributed by atoms with Crippen molar-refractivity contribution in [3.05, 3.63) is 104 Å². The first-order valence-corrected chi connectivity index (χ1v) is 8.18. The summed E-state index contributed by atoms with van der Waals surface area (Å²) in [6, 6.07) is 29.1. The number of hydrogen-bond donors (Lipinski definition) is 0. The zero-order chi connectivity index (χ0) is 16.9. The number of rotatable bonds is 4. The Morgan fingerprint density at radius 3 is 1.64 bits per heavy atom. The second kappa shape index (κ2) is 6.97. The molecule has 3 aromatic carbocycles. The third-order valence-electron chi connectivity index (χ3n) is 4.01. The second-order valence-corrected chi connectivity index (χ2v) is 5.64. The minimum Gasteiger partial charge on any atom is -0.311 e. The number of nitrogens with zero attached hydrogens (tertiary/aromatic N) is 3. The fourth-order valence-electron chi connectivity index (χ4n) is 2.83. The Hall–Kier alpha value is -3.46. The fourth-order valence-corrected chi connectivity index (χ4v) is 2.83. The first-order valence-electron chi connectivity index (χ1n) is 8.18. The van der Waals surface area contributed by atoms with E-state index < -0.39 is 0 Å². The number of aromatic nitrogens is 2. The molecule has 0 fully saturated rings. The fraction of sp³-hybridized carbons (Fsp3) is 0. The van der Waals surface area contributed by atoms with E-state index >= 15 is 0 Å². The molecule has 0 saturated heterocycles. The Morgan fingerprint density at radius 2 is 1.12 bits per heavy atom. The number of para-hydroxylation sites is 2. The molecule has 0 N–H and O–H groups in total. The molecule has 4 aromatic rings. The topological polar surface area (TPSA) is 29.0 Å². The molecule has 1 aromatic heterocycles. The highest BCUT2D eigenvalue weighted by Crippen LogP contribution is 2.34. The Morgan fingerprint density at radius 1 is 0.560 bits per heavy atom. The quantitative estimate of drug-likeness (QED) is 0.488. The predicted octanol–water partition coefficient (Wildman–Crippen LogP) is 5.61. The molecular formula is C22H17N3. The Bertz CT molecular complexity index is 882. The van der Waals surface area contributed by atoms with Gasteiger partial charge in [0, 0.05) is 35.0 Å². The summed E-state index contributed by atoms with van der Waals surface area (Å²) in [5.41, 5.74) is 5.28. The van der Waals surface area contributed by atoms with Crippen molar-refractivity contribution < 1.29 is 0 Å². The molecule has 0 spiro atoms. The molecule has 3 heteroatoms. The molecule has 0 bridgehead atoms. The highest BCUT2D eigenvalue weighted by molar-refractivity contribution is 5.77. The third-order valence-corrected chi connectivity index (χ3v) is 4.01. The van der Waals surface area contributed by atoms with E-state index in [0.717, 1.165) is 28.3 Å². The lowest BCUT2D eigenvalue weighted by Gasteiger charge is -2.25. The molecule has 0 aliphatic heterocycles. The van der Waals surface area contributed by atoms with Crippen molar-refractivity contribution in [1.82, 2.24) is 9.97 Å². The van der Waals surface area contributed by atoms with Crippen molar-refractivity contribution in [2.45, 2.75) is 0 Å². The van der Waals surface area contributed by atoms with Crippen LogP contribution in [0.3, 0.4) is 0 Å². The van der Waals surface area contributed by atoms with Gasteiger partial charge in [0.15, 0.2) is 0 Å². The average molecular weight is 323 g/mol. The van der Waals surface area contributed by atoms with Gasteiger partial charge in [0.1, 0.15) is 0 Å². The lowest BCUT2D eigenvalue weighted by Crippen LogP contribution is -2.09. The molecule has 0 radical (unpaired) electrons. The molecule has 0 amide bonds. The van der Waals surface area contributed by atoms with Crippen LogP contribution in [0.5, 0.6) is 0 Å². The van der Waals surface area contributed by atoms with Gasteiger partial charge < -0.3 is 4.90 Å². The van der Waals surface area contributed by atoms with Gasteiger partial charge in [-0.1, -0.05) is 48.5 Å². The van der Waals surface area contributed by atoms with Gasteiger partial charge >= 0.3 is 0 Å². The van der Waals surface area contributed by atoms with E-state index in [9.17, 15) is 0 Å². The van der Waals surface area contributed by atoms with Gasteiger partial charge in [-0.15, -0.1) is 0 Å². The first-order chi connectivity index (χ1) is 12.4. The van der Waals surface area contributed by atoms with Crippen molar-refractivity contribution in [3.8, 4) is 11.3 Å². The number of hydrogen-bond acceptors (Lipinski definition) is 3. The average Bonchev–Trinajstić information content (AvgIpc) is 2.71. The summed E-state index contributed by atoms with van der Waals surface area (Å²) < 4.78 is 0. The molecule has 0 atom stereocenters. The summed E-state index contributed by atoms with van der Waals surface area (Å²) in [6.07, 6.45) is 5.18. The molecule has 0 aliphatic carbocycles. The standard InChI is InChI=1S/C22H17N3/c1-3-7-19(8-4-1)25(20-9-5-2-6-10-20)21-13-11-18(12-14-21)22-17-23-15-16-24-22/h1-17H. The van der Waals surface area contributed by atoms with E-state index in [1.54, 1.807) is 18.6 Å². The summed E-state index contributed by atoms with van der Waals surface area (Å²) in [5, 5.41) is 0. The molecule has 120 valence electrons. The van der Waals surface area contributed by atoms with Gasteiger partial charge in [0.2, 0.25) is 0 Å². The van der Waals surface area contributed by atoms with Crippen LogP contribution in [0.2, 0.25) is 0 Å². The third kappa shape index (κ3) is 3.26. The SMILES string of the molecule is c1ccc(N(c2ccccc2)c2ccc(-c3cnccn3)cc2)cc1. The van der Waals surface area contributed by atoms with Crippen LogP contribution in [-0.4, -0.2) is 9.97 Å². The van der Waals surface area contributed by atoms with Crippen LogP contribution >= 0.6 is 0 Å². The largest absolute Gasteiger partial charge is 0.311 e. The Balaban J connectivity index is 1.75. The molecule has 25 heavy (non-hydrogen) atoms. The van der Waals surface area contributed by atoms with Crippen LogP contribution in [0.25, 0.3) is 11.3 Å². The van der Waals surface area contributed by atoms with Crippen molar-refractivity contribution in [1.29, 1.82) is 0 Å². The zero-order valence-corrected chi connectivity index (χ0v) is 13.7. The second-order valence-electron chi connectivity index (χ2n) is 5.64. The summed E-state index contributed by atoms with van der Waals surface area (Å²) in [6.45, 7) is 0. The van der Waals surface area contributed by atoms with Gasteiger partial charge in [0.05, 0.1) is 11.9 Å². The lowest BCUT2D eigenvalue weighted by molar-refractivity contribution is 1.20. The number of anilines is 3. The van der Waals surface area contributed by atoms with E-state index in [1.807, 2.05) is 12.1 Å². The van der Waals surface area contributed by atoms with E-state index in [-0.39, 0.29) is 0 Å². The van der Waals surface area contributed by atoms with Crippen LogP contribution in [0, 0.1) is 0 Å². The summed E-state index contributed by atoms with van der Waals surface area (Å²) in [5.74, 6) is 0.